The fourth-order valence-corrected chi connectivity index (χ4v) is 3.78. The Bertz CT molecular complexity index is 738. The molecule has 1 fully saturated rings. The van der Waals surface area contributed by atoms with Crippen molar-refractivity contribution >= 4 is 17.5 Å². The number of likely N-dealkylation sites (N-methyl/N-ethyl adjacent to an activating group) is 1. The molecule has 146 valence electrons. The molecule has 1 aliphatic heterocycles. The van der Waals surface area contributed by atoms with Gasteiger partial charge < -0.3 is 15.5 Å². The fraction of sp³-hybridized carbons (Fsp3) is 0.545. The van der Waals surface area contributed by atoms with E-state index >= 15 is 0 Å². The van der Waals surface area contributed by atoms with Gasteiger partial charge in [-0.05, 0) is 69.8 Å². The van der Waals surface area contributed by atoms with Crippen molar-refractivity contribution in [3.8, 4) is 0 Å². The normalized spacial score (nSPS) is 17.2. The van der Waals surface area contributed by atoms with Crippen molar-refractivity contribution in [2.45, 2.75) is 58.9 Å². The number of anilines is 3. The lowest BCUT2D eigenvalue weighted by atomic mass is 10.1. The molecule has 0 unspecified atom stereocenters. The summed E-state index contributed by atoms with van der Waals surface area (Å²) in [4.78, 5) is 12.1. The van der Waals surface area contributed by atoms with Gasteiger partial charge in [0.05, 0.1) is 0 Å². The van der Waals surface area contributed by atoms with Crippen molar-refractivity contribution in [2.75, 3.05) is 30.4 Å². The van der Waals surface area contributed by atoms with Crippen molar-refractivity contribution in [3.05, 3.63) is 41.1 Å². The number of hydrogen-bond acceptors (Lipinski definition) is 5. The topological polar surface area (TPSA) is 53.1 Å². The highest BCUT2D eigenvalue weighted by Gasteiger charge is 2.20. The van der Waals surface area contributed by atoms with Gasteiger partial charge in [-0.2, -0.15) is 4.98 Å². The van der Waals surface area contributed by atoms with Crippen LogP contribution in [0, 0.1) is 13.8 Å². The smallest absolute Gasteiger partial charge is 0.229 e. The maximum Gasteiger partial charge on any atom is 0.229 e. The highest BCUT2D eigenvalue weighted by molar-refractivity contribution is 5.58. The standard InChI is InChI=1S/C22H33N5/c1-5-6-8-18-14-21(27-10-7-9-19(15-27)23-4)26-22(24-18)25-20-12-16(2)11-17(3)13-20/h11-14,19,23H,5-10,15H2,1-4H3,(H,24,25,26)/t19-/m1/s1. The zero-order valence-corrected chi connectivity index (χ0v) is 17.2. The molecule has 0 spiro atoms. The van der Waals surface area contributed by atoms with Crippen LogP contribution < -0.4 is 15.5 Å². The first-order valence-corrected chi connectivity index (χ1v) is 10.2. The monoisotopic (exact) mass is 367 g/mol. The van der Waals surface area contributed by atoms with E-state index in [-0.39, 0.29) is 0 Å². The zero-order chi connectivity index (χ0) is 19.2. The number of piperidine rings is 1. The van der Waals surface area contributed by atoms with Crippen LogP contribution in [0.3, 0.4) is 0 Å². The number of rotatable bonds is 7. The first-order valence-electron chi connectivity index (χ1n) is 10.2. The Morgan fingerprint density at radius 2 is 1.89 bits per heavy atom. The van der Waals surface area contributed by atoms with Gasteiger partial charge in [-0.25, -0.2) is 4.98 Å². The highest BCUT2D eigenvalue weighted by atomic mass is 15.2. The summed E-state index contributed by atoms with van der Waals surface area (Å²) in [6, 6.07) is 9.18. The first kappa shape index (κ1) is 19.6. The van der Waals surface area contributed by atoms with E-state index in [9.17, 15) is 0 Å². The van der Waals surface area contributed by atoms with Gasteiger partial charge >= 0.3 is 0 Å². The van der Waals surface area contributed by atoms with E-state index in [1.165, 1.54) is 30.4 Å². The van der Waals surface area contributed by atoms with Gasteiger partial charge in [0.15, 0.2) is 0 Å². The van der Waals surface area contributed by atoms with Crippen LogP contribution in [0.15, 0.2) is 24.3 Å². The number of benzene rings is 1. The molecular formula is C22H33N5. The molecule has 5 heteroatoms. The predicted molar refractivity (Wildman–Crippen MR) is 114 cm³/mol. The van der Waals surface area contributed by atoms with E-state index < -0.39 is 0 Å². The SMILES string of the molecule is CCCCc1cc(N2CCC[C@@H](NC)C2)nc(Nc2cc(C)cc(C)c2)n1. The third-order valence-electron chi connectivity index (χ3n) is 5.18. The van der Waals surface area contributed by atoms with Crippen LogP contribution in [0.25, 0.3) is 0 Å². The van der Waals surface area contributed by atoms with E-state index in [1.807, 2.05) is 7.05 Å². The van der Waals surface area contributed by atoms with E-state index in [1.54, 1.807) is 0 Å². The molecule has 2 N–H and O–H groups in total. The molecule has 3 rings (SSSR count). The molecule has 27 heavy (non-hydrogen) atoms. The van der Waals surface area contributed by atoms with Crippen molar-refractivity contribution in [2.24, 2.45) is 0 Å². The number of aromatic nitrogens is 2. The minimum Gasteiger partial charge on any atom is -0.355 e. The second-order valence-corrected chi connectivity index (χ2v) is 7.72. The third-order valence-corrected chi connectivity index (χ3v) is 5.18. The van der Waals surface area contributed by atoms with Crippen molar-refractivity contribution in [3.63, 3.8) is 0 Å². The van der Waals surface area contributed by atoms with Crippen LogP contribution in [0.1, 0.15) is 49.4 Å². The van der Waals surface area contributed by atoms with E-state index in [0.717, 1.165) is 43.1 Å². The average molecular weight is 368 g/mol. The second-order valence-electron chi connectivity index (χ2n) is 7.72. The largest absolute Gasteiger partial charge is 0.355 e. The number of unbranched alkanes of at least 4 members (excludes halogenated alkanes) is 1. The summed E-state index contributed by atoms with van der Waals surface area (Å²) < 4.78 is 0. The summed E-state index contributed by atoms with van der Waals surface area (Å²) in [7, 11) is 2.05. The molecule has 2 heterocycles. The minimum atomic E-state index is 0.531. The Morgan fingerprint density at radius 1 is 1.11 bits per heavy atom. The van der Waals surface area contributed by atoms with Crippen LogP contribution >= 0.6 is 0 Å². The lowest BCUT2D eigenvalue weighted by Gasteiger charge is -2.33. The first-order chi connectivity index (χ1) is 13.1. The summed E-state index contributed by atoms with van der Waals surface area (Å²) in [5.74, 6) is 1.75. The van der Waals surface area contributed by atoms with E-state index in [4.69, 9.17) is 9.97 Å². The predicted octanol–water partition coefficient (Wildman–Crippen LogP) is 4.37. The number of nitrogens with zero attached hydrogens (tertiary/aromatic N) is 3. The molecule has 1 aliphatic rings. The Hall–Kier alpha value is -2.14. The molecule has 1 atom stereocenters. The maximum atomic E-state index is 4.86. The third kappa shape index (κ3) is 5.42. The van der Waals surface area contributed by atoms with Gasteiger partial charge in [0, 0.05) is 36.6 Å². The molecule has 0 aliphatic carbocycles. The van der Waals surface area contributed by atoms with E-state index in [2.05, 4.69) is 60.6 Å². The van der Waals surface area contributed by atoms with Gasteiger partial charge in [-0.3, -0.25) is 0 Å². The van der Waals surface area contributed by atoms with Crippen molar-refractivity contribution in [1.82, 2.24) is 15.3 Å². The molecule has 0 bridgehead atoms. The molecule has 0 amide bonds. The summed E-state index contributed by atoms with van der Waals surface area (Å²) in [6.45, 7) is 8.52. The second kappa shape index (κ2) is 9.18. The van der Waals surface area contributed by atoms with Crippen LogP contribution in [0.4, 0.5) is 17.5 Å². The molecule has 1 saturated heterocycles. The summed E-state index contributed by atoms with van der Waals surface area (Å²) >= 11 is 0. The zero-order valence-electron chi connectivity index (χ0n) is 17.2. The summed E-state index contributed by atoms with van der Waals surface area (Å²) in [6.07, 6.45) is 5.74. The van der Waals surface area contributed by atoms with Crippen molar-refractivity contribution in [1.29, 1.82) is 0 Å². The number of aryl methyl sites for hydroxylation is 3. The van der Waals surface area contributed by atoms with Crippen LogP contribution in [0.5, 0.6) is 0 Å². The number of nitrogens with one attached hydrogen (secondary N) is 2. The maximum absolute atomic E-state index is 4.86. The lowest BCUT2D eigenvalue weighted by Crippen LogP contribution is -2.44. The van der Waals surface area contributed by atoms with Gasteiger partial charge in [0.25, 0.3) is 0 Å². The Labute approximate surface area is 163 Å². The van der Waals surface area contributed by atoms with Crippen LogP contribution in [-0.4, -0.2) is 36.1 Å². The quantitative estimate of drug-likeness (QED) is 0.761. The molecular weight excluding hydrogens is 334 g/mol. The van der Waals surface area contributed by atoms with Gasteiger partial charge in [-0.1, -0.05) is 19.4 Å². The van der Waals surface area contributed by atoms with Crippen LogP contribution in [-0.2, 0) is 6.42 Å². The Kier molecular flexibility index (Phi) is 6.67. The minimum absolute atomic E-state index is 0.531. The highest BCUT2D eigenvalue weighted by Crippen LogP contribution is 2.23. The van der Waals surface area contributed by atoms with Gasteiger partial charge in [-0.15, -0.1) is 0 Å². The molecule has 1 aromatic heterocycles. The van der Waals surface area contributed by atoms with Gasteiger partial charge in [0.1, 0.15) is 5.82 Å². The molecule has 0 radical (unpaired) electrons. The Balaban J connectivity index is 1.87. The van der Waals surface area contributed by atoms with Crippen LogP contribution in [0.2, 0.25) is 0 Å². The Morgan fingerprint density at radius 3 is 2.59 bits per heavy atom. The average Bonchev–Trinajstić information content (AvgIpc) is 2.65. The lowest BCUT2D eigenvalue weighted by molar-refractivity contribution is 0.447. The molecule has 0 saturated carbocycles. The molecule has 2 aromatic rings. The number of hydrogen-bond donors (Lipinski definition) is 2. The summed E-state index contributed by atoms with van der Waals surface area (Å²) in [5.41, 5.74) is 4.67. The fourth-order valence-electron chi connectivity index (χ4n) is 3.78. The molecule has 1 aromatic carbocycles. The van der Waals surface area contributed by atoms with E-state index in [0.29, 0.717) is 12.0 Å². The van der Waals surface area contributed by atoms with Crippen molar-refractivity contribution < 1.29 is 0 Å². The molecule has 5 nitrogen and oxygen atoms in total. The van der Waals surface area contributed by atoms with Gasteiger partial charge in [0.2, 0.25) is 5.95 Å². The summed E-state index contributed by atoms with van der Waals surface area (Å²) in [5, 5.41) is 6.86.